The zero-order chi connectivity index (χ0) is 19.8. The Bertz CT molecular complexity index is 1010. The second-order valence-corrected chi connectivity index (χ2v) is 7.60. The van der Waals surface area contributed by atoms with Gasteiger partial charge in [-0.2, -0.15) is 0 Å². The maximum absolute atomic E-state index is 12.5. The van der Waals surface area contributed by atoms with Crippen LogP contribution in [0.2, 0.25) is 0 Å². The van der Waals surface area contributed by atoms with Crippen LogP contribution in [0.4, 0.5) is 0 Å². The minimum atomic E-state index is -0.643. The summed E-state index contributed by atoms with van der Waals surface area (Å²) in [5, 5.41) is 9.83. The quantitative estimate of drug-likeness (QED) is 0.672. The summed E-state index contributed by atoms with van der Waals surface area (Å²) in [6.45, 7) is 2.50. The molecule has 2 atom stereocenters. The Morgan fingerprint density at radius 2 is 2.14 bits per heavy atom. The molecule has 1 amide bonds. The third-order valence-electron chi connectivity index (χ3n) is 5.86. The molecule has 7 heteroatoms. The van der Waals surface area contributed by atoms with E-state index in [0.29, 0.717) is 11.6 Å². The molecule has 3 N–H and O–H groups in total. The molecule has 2 heterocycles. The van der Waals surface area contributed by atoms with Gasteiger partial charge in [0.1, 0.15) is 16.9 Å². The van der Waals surface area contributed by atoms with Crippen molar-refractivity contribution in [3.05, 3.63) is 44.8 Å². The Morgan fingerprint density at radius 1 is 1.32 bits per heavy atom. The van der Waals surface area contributed by atoms with Crippen LogP contribution in [-0.4, -0.2) is 37.9 Å². The first kappa shape index (κ1) is 18.8. The van der Waals surface area contributed by atoms with Gasteiger partial charge in [0.05, 0.1) is 6.04 Å². The molecule has 0 bridgehead atoms. The lowest BCUT2D eigenvalue weighted by Gasteiger charge is -2.33. The van der Waals surface area contributed by atoms with Gasteiger partial charge in [0.25, 0.3) is 5.91 Å². The molecule has 4 rings (SSSR count). The highest BCUT2D eigenvalue weighted by Gasteiger charge is 2.29. The third-order valence-corrected chi connectivity index (χ3v) is 5.86. The van der Waals surface area contributed by atoms with Crippen LogP contribution >= 0.6 is 0 Å². The standard InChI is InChI=1S/C21H25N3O4/c1-11(25)17(22-2)10-24-20(26)15-9-13-8-12-6-7-23-16-5-3-4-14(18(12)16)19(13)28-21(15)27/h8-9,16-17,22-23H,3-7,10H2,1-2H3,(H,24,26)/t16?,17-/m0/s1. The van der Waals surface area contributed by atoms with Crippen molar-refractivity contribution in [3.63, 3.8) is 0 Å². The van der Waals surface area contributed by atoms with E-state index in [0.717, 1.165) is 43.2 Å². The molecule has 1 unspecified atom stereocenters. The van der Waals surface area contributed by atoms with E-state index in [9.17, 15) is 14.4 Å². The number of hydrogen-bond acceptors (Lipinski definition) is 6. The fourth-order valence-electron chi connectivity index (χ4n) is 4.41. The van der Waals surface area contributed by atoms with Crippen LogP contribution in [0.3, 0.4) is 0 Å². The van der Waals surface area contributed by atoms with Gasteiger partial charge in [0, 0.05) is 23.5 Å². The number of ketones is 1. The van der Waals surface area contributed by atoms with Gasteiger partial charge in [-0.15, -0.1) is 0 Å². The molecule has 1 aromatic heterocycles. The predicted octanol–water partition coefficient (Wildman–Crippen LogP) is 1.22. The summed E-state index contributed by atoms with van der Waals surface area (Å²) in [5.74, 6) is -0.606. The highest BCUT2D eigenvalue weighted by atomic mass is 16.4. The highest BCUT2D eigenvalue weighted by molar-refractivity contribution is 5.97. The fraction of sp³-hybridized carbons (Fsp3) is 0.476. The number of carbonyl (C=O) groups is 2. The van der Waals surface area contributed by atoms with Gasteiger partial charge in [-0.05, 0) is 69.5 Å². The second-order valence-electron chi connectivity index (χ2n) is 7.60. The molecule has 7 nitrogen and oxygen atoms in total. The molecular weight excluding hydrogens is 358 g/mol. The number of carbonyl (C=O) groups excluding carboxylic acids is 2. The first-order chi connectivity index (χ1) is 13.5. The minimum absolute atomic E-state index is 0.0284. The van der Waals surface area contributed by atoms with Crippen molar-refractivity contribution >= 4 is 22.7 Å². The van der Waals surface area contributed by atoms with E-state index in [-0.39, 0.29) is 17.9 Å². The molecule has 28 heavy (non-hydrogen) atoms. The van der Waals surface area contributed by atoms with E-state index >= 15 is 0 Å². The summed E-state index contributed by atoms with van der Waals surface area (Å²) in [7, 11) is 1.65. The van der Waals surface area contributed by atoms with Gasteiger partial charge in [-0.1, -0.05) is 0 Å². The summed E-state index contributed by atoms with van der Waals surface area (Å²) >= 11 is 0. The van der Waals surface area contributed by atoms with Crippen LogP contribution in [0.25, 0.3) is 11.0 Å². The number of likely N-dealkylation sites (N-methyl/N-ethyl adjacent to an activating group) is 1. The Labute approximate surface area is 162 Å². The Hall–Kier alpha value is -2.51. The third kappa shape index (κ3) is 3.25. The van der Waals surface area contributed by atoms with Crippen LogP contribution < -0.4 is 21.6 Å². The molecule has 1 aromatic carbocycles. The monoisotopic (exact) mass is 383 g/mol. The number of fused-ring (bicyclic) bond motifs is 2. The molecule has 0 radical (unpaired) electrons. The van der Waals surface area contributed by atoms with Crippen molar-refractivity contribution < 1.29 is 14.0 Å². The average Bonchev–Trinajstić information content (AvgIpc) is 2.68. The van der Waals surface area contributed by atoms with Crippen molar-refractivity contribution in [3.8, 4) is 0 Å². The summed E-state index contributed by atoms with van der Waals surface area (Å²) in [6, 6.07) is 3.52. The zero-order valence-electron chi connectivity index (χ0n) is 16.2. The molecular formula is C21H25N3O4. The van der Waals surface area contributed by atoms with Crippen molar-refractivity contribution in [2.24, 2.45) is 0 Å². The van der Waals surface area contributed by atoms with E-state index in [2.05, 4.69) is 22.0 Å². The number of nitrogens with one attached hydrogen (secondary N) is 3. The van der Waals surface area contributed by atoms with Gasteiger partial charge in [0.2, 0.25) is 0 Å². The van der Waals surface area contributed by atoms with Crippen molar-refractivity contribution in [2.45, 2.75) is 44.7 Å². The summed E-state index contributed by atoms with van der Waals surface area (Å²) in [4.78, 5) is 36.6. The van der Waals surface area contributed by atoms with E-state index in [1.807, 2.05) is 0 Å². The maximum Gasteiger partial charge on any atom is 0.349 e. The fourth-order valence-corrected chi connectivity index (χ4v) is 4.41. The SMILES string of the molecule is CN[C@@H](CNC(=O)c1cc2cc3c4c(c2oc1=O)CCCC4NCC3)C(C)=O. The van der Waals surface area contributed by atoms with Crippen LogP contribution in [0.15, 0.2) is 21.3 Å². The van der Waals surface area contributed by atoms with Crippen molar-refractivity contribution in [2.75, 3.05) is 20.1 Å². The van der Waals surface area contributed by atoms with Crippen molar-refractivity contribution in [1.82, 2.24) is 16.0 Å². The summed E-state index contributed by atoms with van der Waals surface area (Å²) < 4.78 is 5.64. The van der Waals surface area contributed by atoms with Crippen LogP contribution in [0.1, 0.15) is 52.9 Å². The highest BCUT2D eigenvalue weighted by Crippen LogP contribution is 2.39. The lowest BCUT2D eigenvalue weighted by Crippen LogP contribution is -2.44. The number of amides is 1. The van der Waals surface area contributed by atoms with Crippen LogP contribution in [0, 0.1) is 0 Å². The Kier molecular flexibility index (Phi) is 5.03. The topological polar surface area (TPSA) is 100 Å². The first-order valence-electron chi connectivity index (χ1n) is 9.81. The first-order valence-corrected chi connectivity index (χ1v) is 9.81. The summed E-state index contributed by atoms with van der Waals surface area (Å²) in [5.41, 5.74) is 3.59. The number of Topliss-reactive ketones (excluding diaryl/α,β-unsaturated/α-hetero) is 1. The molecule has 0 spiro atoms. The average molecular weight is 383 g/mol. The maximum atomic E-state index is 12.5. The van der Waals surface area contributed by atoms with E-state index in [4.69, 9.17) is 4.42 Å². The van der Waals surface area contributed by atoms with E-state index in [1.54, 1.807) is 13.1 Å². The molecule has 1 aliphatic carbocycles. The normalized spacial score (nSPS) is 19.1. The van der Waals surface area contributed by atoms with Crippen LogP contribution in [0.5, 0.6) is 0 Å². The Balaban J connectivity index is 1.71. The molecule has 0 saturated heterocycles. The number of hydrogen-bond donors (Lipinski definition) is 3. The van der Waals surface area contributed by atoms with Crippen LogP contribution in [-0.2, 0) is 17.6 Å². The number of aryl methyl sites for hydroxylation is 1. The Morgan fingerprint density at radius 3 is 2.89 bits per heavy atom. The predicted molar refractivity (Wildman–Crippen MR) is 106 cm³/mol. The smallest absolute Gasteiger partial charge is 0.349 e. The van der Waals surface area contributed by atoms with Crippen molar-refractivity contribution in [1.29, 1.82) is 0 Å². The second kappa shape index (κ2) is 7.48. The van der Waals surface area contributed by atoms with E-state index in [1.165, 1.54) is 18.1 Å². The molecule has 1 aliphatic heterocycles. The van der Waals surface area contributed by atoms with Gasteiger partial charge >= 0.3 is 5.63 Å². The van der Waals surface area contributed by atoms with Gasteiger partial charge in [-0.25, -0.2) is 4.79 Å². The molecule has 148 valence electrons. The van der Waals surface area contributed by atoms with Gasteiger partial charge in [0.15, 0.2) is 0 Å². The number of rotatable bonds is 5. The zero-order valence-corrected chi connectivity index (χ0v) is 16.2. The van der Waals surface area contributed by atoms with E-state index < -0.39 is 17.6 Å². The summed E-state index contributed by atoms with van der Waals surface area (Å²) in [6.07, 6.45) is 3.96. The minimum Gasteiger partial charge on any atom is -0.422 e. The molecule has 2 aromatic rings. The molecule has 0 fully saturated rings. The molecule has 2 aliphatic rings. The lowest BCUT2D eigenvalue weighted by molar-refractivity contribution is -0.118. The van der Waals surface area contributed by atoms with Gasteiger partial charge in [-0.3, -0.25) is 9.59 Å². The molecule has 0 saturated carbocycles. The largest absolute Gasteiger partial charge is 0.422 e. The number of benzene rings is 1. The van der Waals surface area contributed by atoms with Gasteiger partial charge < -0.3 is 20.4 Å². The lowest BCUT2D eigenvalue weighted by atomic mass is 9.80.